The Morgan fingerprint density at radius 3 is 2.42 bits per heavy atom. The maximum Gasteiger partial charge on any atom is 0.134 e. The Morgan fingerprint density at radius 2 is 1.74 bits per heavy atom. The van der Waals surface area contributed by atoms with Crippen LogP contribution < -0.4 is 5.32 Å². The lowest BCUT2D eigenvalue weighted by Gasteiger charge is -2.33. The van der Waals surface area contributed by atoms with E-state index in [0.717, 1.165) is 18.5 Å². The largest absolute Gasteiger partial charge is 0.464 e. The van der Waals surface area contributed by atoms with Crippen molar-refractivity contribution < 1.29 is 4.42 Å². The van der Waals surface area contributed by atoms with E-state index in [4.69, 9.17) is 4.42 Å². The van der Waals surface area contributed by atoms with Crippen LogP contribution in [0.2, 0.25) is 0 Å². The van der Waals surface area contributed by atoms with Crippen LogP contribution in [0.25, 0.3) is 11.0 Å². The van der Waals surface area contributed by atoms with Crippen molar-refractivity contribution >= 4 is 11.0 Å². The molecule has 0 spiro atoms. The standard InChI is InChI=1S/C17H25NO/c1-16(2,3)12-17(4,5)18-10-13-11-19-15-9-7-6-8-14(13)15/h6-9,11,18H,10,12H2,1-5H3. The van der Waals surface area contributed by atoms with Crippen LogP contribution >= 0.6 is 0 Å². The zero-order valence-electron chi connectivity index (χ0n) is 12.7. The van der Waals surface area contributed by atoms with Gasteiger partial charge in [0.05, 0.1) is 6.26 Å². The van der Waals surface area contributed by atoms with Crippen LogP contribution in [0.1, 0.15) is 46.6 Å². The van der Waals surface area contributed by atoms with Gasteiger partial charge >= 0.3 is 0 Å². The number of furan rings is 1. The van der Waals surface area contributed by atoms with E-state index in [1.807, 2.05) is 18.4 Å². The second-order valence-electron chi connectivity index (χ2n) is 7.23. The monoisotopic (exact) mass is 259 g/mol. The molecule has 1 heterocycles. The maximum absolute atomic E-state index is 5.58. The van der Waals surface area contributed by atoms with Crippen molar-refractivity contribution in [3.63, 3.8) is 0 Å². The highest BCUT2D eigenvalue weighted by Crippen LogP contribution is 2.28. The van der Waals surface area contributed by atoms with Crippen molar-refractivity contribution in [3.05, 3.63) is 36.1 Å². The summed E-state index contributed by atoms with van der Waals surface area (Å²) in [4.78, 5) is 0. The number of para-hydroxylation sites is 1. The zero-order valence-corrected chi connectivity index (χ0v) is 12.7. The summed E-state index contributed by atoms with van der Waals surface area (Å²) < 4.78 is 5.58. The summed E-state index contributed by atoms with van der Waals surface area (Å²) in [6.07, 6.45) is 3.00. The molecule has 0 bridgehead atoms. The van der Waals surface area contributed by atoms with E-state index >= 15 is 0 Å². The van der Waals surface area contributed by atoms with Gasteiger partial charge in [-0.25, -0.2) is 0 Å². The Bertz CT molecular complexity index is 546. The number of fused-ring (bicyclic) bond motifs is 1. The van der Waals surface area contributed by atoms with Crippen LogP contribution in [0.3, 0.4) is 0 Å². The minimum atomic E-state index is 0.122. The van der Waals surface area contributed by atoms with E-state index in [2.05, 4.69) is 52.1 Å². The van der Waals surface area contributed by atoms with Gasteiger partial charge in [0, 0.05) is 23.0 Å². The van der Waals surface area contributed by atoms with Gasteiger partial charge in [-0.3, -0.25) is 0 Å². The van der Waals surface area contributed by atoms with Crippen molar-refractivity contribution in [1.29, 1.82) is 0 Å². The number of rotatable bonds is 4. The fourth-order valence-corrected chi connectivity index (χ4v) is 2.89. The summed E-state index contributed by atoms with van der Waals surface area (Å²) >= 11 is 0. The number of benzene rings is 1. The van der Waals surface area contributed by atoms with Gasteiger partial charge in [-0.1, -0.05) is 39.0 Å². The molecule has 104 valence electrons. The first kappa shape index (κ1) is 14.1. The fourth-order valence-electron chi connectivity index (χ4n) is 2.89. The highest BCUT2D eigenvalue weighted by molar-refractivity contribution is 5.80. The van der Waals surface area contributed by atoms with Crippen LogP contribution in [0.4, 0.5) is 0 Å². The summed E-state index contributed by atoms with van der Waals surface area (Å²) in [5, 5.41) is 4.86. The number of hydrogen-bond acceptors (Lipinski definition) is 2. The molecule has 0 unspecified atom stereocenters. The summed E-state index contributed by atoms with van der Waals surface area (Å²) in [7, 11) is 0. The maximum atomic E-state index is 5.58. The van der Waals surface area contributed by atoms with E-state index in [9.17, 15) is 0 Å². The topological polar surface area (TPSA) is 25.2 Å². The van der Waals surface area contributed by atoms with Crippen molar-refractivity contribution in [1.82, 2.24) is 5.32 Å². The van der Waals surface area contributed by atoms with Gasteiger partial charge in [0.25, 0.3) is 0 Å². The fraction of sp³-hybridized carbons (Fsp3) is 0.529. The molecule has 0 aliphatic rings. The highest BCUT2D eigenvalue weighted by atomic mass is 16.3. The van der Waals surface area contributed by atoms with Crippen LogP contribution in [-0.2, 0) is 6.54 Å². The Balaban J connectivity index is 2.06. The number of hydrogen-bond donors (Lipinski definition) is 1. The predicted octanol–water partition coefficient (Wildman–Crippen LogP) is 4.74. The minimum Gasteiger partial charge on any atom is -0.464 e. The third-order valence-electron chi connectivity index (χ3n) is 3.29. The molecule has 2 heteroatoms. The predicted molar refractivity (Wildman–Crippen MR) is 81.2 cm³/mol. The van der Waals surface area contributed by atoms with E-state index in [1.54, 1.807) is 0 Å². The lowest BCUT2D eigenvalue weighted by Crippen LogP contribution is -2.41. The van der Waals surface area contributed by atoms with Crippen LogP contribution in [0.15, 0.2) is 34.9 Å². The lowest BCUT2D eigenvalue weighted by atomic mass is 9.82. The first-order valence-electron chi connectivity index (χ1n) is 6.97. The average molecular weight is 259 g/mol. The molecule has 2 rings (SSSR count). The molecule has 1 aromatic carbocycles. The summed E-state index contributed by atoms with van der Waals surface area (Å²) in [5.41, 5.74) is 2.65. The molecule has 0 atom stereocenters. The van der Waals surface area contributed by atoms with Gasteiger partial charge in [0.1, 0.15) is 5.58 Å². The van der Waals surface area contributed by atoms with Crippen molar-refractivity contribution in [2.75, 3.05) is 0 Å². The molecule has 0 saturated carbocycles. The van der Waals surface area contributed by atoms with Gasteiger partial charge in [-0.05, 0) is 31.7 Å². The second-order valence-corrected chi connectivity index (χ2v) is 7.23. The van der Waals surface area contributed by atoms with Crippen LogP contribution in [0, 0.1) is 5.41 Å². The third-order valence-corrected chi connectivity index (χ3v) is 3.29. The highest BCUT2D eigenvalue weighted by Gasteiger charge is 2.25. The third kappa shape index (κ3) is 3.84. The van der Waals surface area contributed by atoms with Crippen LogP contribution in [-0.4, -0.2) is 5.54 Å². The van der Waals surface area contributed by atoms with Gasteiger partial charge in [-0.2, -0.15) is 0 Å². The van der Waals surface area contributed by atoms with Crippen molar-refractivity contribution in [3.8, 4) is 0 Å². The van der Waals surface area contributed by atoms with Gasteiger partial charge in [0.2, 0.25) is 0 Å². The second kappa shape index (κ2) is 5.01. The first-order chi connectivity index (χ1) is 8.77. The molecule has 0 fully saturated rings. The van der Waals surface area contributed by atoms with Crippen LogP contribution in [0.5, 0.6) is 0 Å². The smallest absolute Gasteiger partial charge is 0.134 e. The van der Waals surface area contributed by atoms with E-state index in [1.165, 1.54) is 10.9 Å². The van der Waals surface area contributed by atoms with E-state index < -0.39 is 0 Å². The summed E-state index contributed by atoms with van der Waals surface area (Å²) in [6.45, 7) is 12.2. The number of nitrogens with one attached hydrogen (secondary N) is 1. The quantitative estimate of drug-likeness (QED) is 0.858. The molecule has 19 heavy (non-hydrogen) atoms. The van der Waals surface area contributed by atoms with Gasteiger partial charge in [0.15, 0.2) is 0 Å². The SMILES string of the molecule is CC(C)(C)CC(C)(C)NCc1coc2ccccc12. The van der Waals surface area contributed by atoms with Gasteiger partial charge < -0.3 is 9.73 Å². The summed E-state index contributed by atoms with van der Waals surface area (Å²) in [5.74, 6) is 0. The molecule has 0 saturated heterocycles. The molecule has 0 aliphatic heterocycles. The molecule has 0 aliphatic carbocycles. The zero-order chi connectivity index (χ0) is 14.1. The summed E-state index contributed by atoms with van der Waals surface area (Å²) in [6, 6.07) is 8.19. The molecular weight excluding hydrogens is 234 g/mol. The van der Waals surface area contributed by atoms with E-state index in [-0.39, 0.29) is 5.54 Å². The molecule has 2 nitrogen and oxygen atoms in total. The Hall–Kier alpha value is -1.28. The molecule has 1 aromatic heterocycles. The molecule has 0 amide bonds. The normalized spacial score (nSPS) is 13.1. The van der Waals surface area contributed by atoms with Crippen molar-refractivity contribution in [2.24, 2.45) is 5.41 Å². The Labute approximate surface area is 116 Å². The van der Waals surface area contributed by atoms with Crippen molar-refractivity contribution in [2.45, 2.75) is 53.1 Å². The molecular formula is C17H25NO. The molecule has 1 N–H and O–H groups in total. The van der Waals surface area contributed by atoms with E-state index in [0.29, 0.717) is 5.41 Å². The van der Waals surface area contributed by atoms with Gasteiger partial charge in [-0.15, -0.1) is 0 Å². The molecule has 0 radical (unpaired) electrons. The minimum absolute atomic E-state index is 0.122. The first-order valence-corrected chi connectivity index (χ1v) is 6.97. The average Bonchev–Trinajstić information content (AvgIpc) is 2.66. The Morgan fingerprint density at radius 1 is 1.05 bits per heavy atom. The molecule has 2 aromatic rings. The Kier molecular flexibility index (Phi) is 3.73. The lowest BCUT2D eigenvalue weighted by molar-refractivity contribution is 0.241.